The van der Waals surface area contributed by atoms with Crippen molar-refractivity contribution in [2.24, 2.45) is 0 Å². The first kappa shape index (κ1) is 12.8. The third kappa shape index (κ3) is 3.10. The summed E-state index contributed by atoms with van der Waals surface area (Å²) in [7, 11) is 1.57. The van der Waals surface area contributed by atoms with Crippen molar-refractivity contribution in [3.05, 3.63) is 34.3 Å². The molecule has 0 saturated heterocycles. The van der Waals surface area contributed by atoms with Crippen LogP contribution < -0.4 is 4.74 Å². The van der Waals surface area contributed by atoms with Gasteiger partial charge in [0.25, 0.3) is 0 Å². The Morgan fingerprint density at radius 3 is 2.75 bits per heavy atom. The molecule has 4 heteroatoms. The summed E-state index contributed by atoms with van der Waals surface area (Å²) in [4.78, 5) is 10.7. The highest BCUT2D eigenvalue weighted by Gasteiger charge is 2.09. The lowest BCUT2D eigenvalue weighted by atomic mass is 10.0. The SMILES string of the molecule is CCC(=CC(=O)O)c1cc(Br)ccc1OC. The van der Waals surface area contributed by atoms with Gasteiger partial charge in [-0.05, 0) is 30.2 Å². The summed E-state index contributed by atoms with van der Waals surface area (Å²) >= 11 is 3.36. The van der Waals surface area contributed by atoms with E-state index < -0.39 is 5.97 Å². The number of carboxylic acids is 1. The summed E-state index contributed by atoms with van der Waals surface area (Å²) in [5.74, 6) is -0.267. The molecule has 0 aliphatic carbocycles. The van der Waals surface area contributed by atoms with Crippen LogP contribution in [0, 0.1) is 0 Å². The number of rotatable bonds is 4. The van der Waals surface area contributed by atoms with Crippen LogP contribution in [0.2, 0.25) is 0 Å². The Hall–Kier alpha value is -1.29. The van der Waals surface area contributed by atoms with Crippen molar-refractivity contribution in [3.8, 4) is 5.75 Å². The molecule has 1 aromatic rings. The lowest BCUT2D eigenvalue weighted by Gasteiger charge is -2.10. The summed E-state index contributed by atoms with van der Waals surface area (Å²) in [6.07, 6.45) is 1.85. The zero-order valence-corrected chi connectivity index (χ0v) is 10.7. The molecule has 0 spiro atoms. The van der Waals surface area contributed by atoms with E-state index in [9.17, 15) is 4.79 Å². The number of aliphatic carboxylic acids is 1. The molecule has 16 heavy (non-hydrogen) atoms. The van der Waals surface area contributed by atoms with Gasteiger partial charge in [-0.3, -0.25) is 0 Å². The molecule has 0 fully saturated rings. The highest BCUT2D eigenvalue weighted by molar-refractivity contribution is 9.10. The molecule has 0 aliphatic heterocycles. The van der Waals surface area contributed by atoms with E-state index >= 15 is 0 Å². The Kier molecular flexibility index (Phi) is 4.55. The standard InChI is InChI=1S/C12H13BrO3/c1-3-8(6-12(14)15)10-7-9(13)4-5-11(10)16-2/h4-7H,3H2,1-2H3,(H,14,15). The molecule has 0 unspecified atom stereocenters. The number of hydrogen-bond donors (Lipinski definition) is 1. The van der Waals surface area contributed by atoms with E-state index in [-0.39, 0.29) is 0 Å². The van der Waals surface area contributed by atoms with Crippen molar-refractivity contribution in [2.75, 3.05) is 7.11 Å². The third-order valence-corrected chi connectivity index (χ3v) is 2.68. The molecular weight excluding hydrogens is 272 g/mol. The Morgan fingerprint density at radius 1 is 1.56 bits per heavy atom. The van der Waals surface area contributed by atoms with Gasteiger partial charge in [-0.2, -0.15) is 0 Å². The summed E-state index contributed by atoms with van der Waals surface area (Å²) in [6, 6.07) is 5.53. The number of methoxy groups -OCH3 is 1. The van der Waals surface area contributed by atoms with Crippen LogP contribution in [0.3, 0.4) is 0 Å². The van der Waals surface area contributed by atoms with E-state index in [0.717, 1.165) is 15.6 Å². The van der Waals surface area contributed by atoms with Crippen LogP contribution >= 0.6 is 15.9 Å². The molecule has 1 aromatic carbocycles. The van der Waals surface area contributed by atoms with Crippen LogP contribution in [-0.4, -0.2) is 18.2 Å². The zero-order valence-electron chi connectivity index (χ0n) is 9.16. The molecule has 0 bridgehead atoms. The Bertz CT molecular complexity index is 424. The van der Waals surface area contributed by atoms with Crippen LogP contribution in [0.4, 0.5) is 0 Å². The van der Waals surface area contributed by atoms with Crippen LogP contribution in [0.1, 0.15) is 18.9 Å². The summed E-state index contributed by atoms with van der Waals surface area (Å²) in [5.41, 5.74) is 1.55. The van der Waals surface area contributed by atoms with Gasteiger partial charge in [-0.25, -0.2) is 4.79 Å². The highest BCUT2D eigenvalue weighted by atomic mass is 79.9. The molecule has 3 nitrogen and oxygen atoms in total. The molecule has 0 aliphatic rings. The summed E-state index contributed by atoms with van der Waals surface area (Å²) < 4.78 is 6.11. The van der Waals surface area contributed by atoms with Gasteiger partial charge in [0, 0.05) is 16.1 Å². The molecule has 1 N–H and O–H groups in total. The van der Waals surface area contributed by atoms with Gasteiger partial charge < -0.3 is 9.84 Å². The minimum absolute atomic E-state index is 0.638. The molecule has 0 radical (unpaired) electrons. The molecule has 0 aromatic heterocycles. The van der Waals surface area contributed by atoms with Gasteiger partial charge in [0.2, 0.25) is 0 Å². The number of benzene rings is 1. The third-order valence-electron chi connectivity index (χ3n) is 2.19. The fraction of sp³-hybridized carbons (Fsp3) is 0.250. The summed E-state index contributed by atoms with van der Waals surface area (Å²) in [5, 5.41) is 8.78. The second-order valence-corrected chi connectivity index (χ2v) is 4.12. The van der Waals surface area contributed by atoms with Gasteiger partial charge in [0.05, 0.1) is 7.11 Å². The fourth-order valence-electron chi connectivity index (χ4n) is 1.45. The largest absolute Gasteiger partial charge is 0.496 e. The molecule has 0 amide bonds. The summed E-state index contributed by atoms with van der Waals surface area (Å²) in [6.45, 7) is 1.91. The van der Waals surface area contributed by atoms with E-state index in [1.165, 1.54) is 6.08 Å². The number of halogens is 1. The van der Waals surface area contributed by atoms with Crippen molar-refractivity contribution >= 4 is 27.5 Å². The van der Waals surface area contributed by atoms with E-state index in [1.54, 1.807) is 7.11 Å². The van der Waals surface area contributed by atoms with Crippen molar-refractivity contribution < 1.29 is 14.6 Å². The van der Waals surface area contributed by atoms with Crippen LogP contribution in [-0.2, 0) is 4.79 Å². The monoisotopic (exact) mass is 284 g/mol. The van der Waals surface area contributed by atoms with Gasteiger partial charge in [-0.15, -0.1) is 0 Å². The topological polar surface area (TPSA) is 46.5 Å². The minimum atomic E-state index is -0.945. The van der Waals surface area contributed by atoms with Crippen molar-refractivity contribution in [1.29, 1.82) is 0 Å². The van der Waals surface area contributed by atoms with Gasteiger partial charge in [0.15, 0.2) is 0 Å². The Morgan fingerprint density at radius 2 is 2.25 bits per heavy atom. The van der Waals surface area contributed by atoms with Crippen molar-refractivity contribution in [1.82, 2.24) is 0 Å². The average molecular weight is 285 g/mol. The van der Waals surface area contributed by atoms with Crippen LogP contribution in [0.5, 0.6) is 5.75 Å². The molecule has 0 heterocycles. The number of allylic oxidation sites excluding steroid dienone is 1. The van der Waals surface area contributed by atoms with Gasteiger partial charge in [-0.1, -0.05) is 22.9 Å². The van der Waals surface area contributed by atoms with Crippen molar-refractivity contribution in [2.45, 2.75) is 13.3 Å². The fourth-order valence-corrected chi connectivity index (χ4v) is 1.81. The maximum Gasteiger partial charge on any atom is 0.328 e. The Labute approximate surface area is 103 Å². The van der Waals surface area contributed by atoms with E-state index in [2.05, 4.69) is 15.9 Å². The minimum Gasteiger partial charge on any atom is -0.496 e. The van der Waals surface area contributed by atoms with Crippen molar-refractivity contribution in [3.63, 3.8) is 0 Å². The van der Waals surface area contributed by atoms with E-state index in [1.807, 2.05) is 25.1 Å². The van der Waals surface area contributed by atoms with Gasteiger partial charge >= 0.3 is 5.97 Å². The predicted molar refractivity (Wildman–Crippen MR) is 66.6 cm³/mol. The quantitative estimate of drug-likeness (QED) is 0.863. The maximum atomic E-state index is 10.7. The normalized spacial score (nSPS) is 11.3. The lowest BCUT2D eigenvalue weighted by Crippen LogP contribution is -1.95. The molecular formula is C12H13BrO3. The van der Waals surface area contributed by atoms with Crippen LogP contribution in [0.15, 0.2) is 28.7 Å². The number of carboxylic acid groups (broad SMARTS) is 1. The average Bonchev–Trinajstić information content (AvgIpc) is 2.25. The predicted octanol–water partition coefficient (Wildman–Crippen LogP) is 3.34. The lowest BCUT2D eigenvalue weighted by molar-refractivity contribution is -0.131. The first-order valence-electron chi connectivity index (χ1n) is 4.86. The van der Waals surface area contributed by atoms with E-state index in [0.29, 0.717) is 12.2 Å². The first-order chi connectivity index (χ1) is 7.58. The number of carbonyl (C=O) groups is 1. The number of hydrogen-bond acceptors (Lipinski definition) is 2. The molecule has 0 saturated carbocycles. The molecule has 0 atom stereocenters. The smallest absolute Gasteiger partial charge is 0.328 e. The number of ether oxygens (including phenoxy) is 1. The maximum absolute atomic E-state index is 10.7. The second kappa shape index (κ2) is 5.70. The molecule has 86 valence electrons. The zero-order chi connectivity index (χ0) is 12.1. The van der Waals surface area contributed by atoms with Gasteiger partial charge in [0.1, 0.15) is 5.75 Å². The van der Waals surface area contributed by atoms with Crippen LogP contribution in [0.25, 0.3) is 5.57 Å². The highest BCUT2D eigenvalue weighted by Crippen LogP contribution is 2.30. The van der Waals surface area contributed by atoms with E-state index in [4.69, 9.17) is 9.84 Å². The second-order valence-electron chi connectivity index (χ2n) is 3.21. The molecule has 1 rings (SSSR count). The Balaban J connectivity index is 3.28. The first-order valence-corrected chi connectivity index (χ1v) is 5.65.